The van der Waals surface area contributed by atoms with Gasteiger partial charge in [-0.15, -0.1) is 0 Å². The predicted octanol–water partition coefficient (Wildman–Crippen LogP) is -2.18. The average molecular weight is 232 g/mol. The molecule has 5 N–H and O–H groups in total. The van der Waals surface area contributed by atoms with Gasteiger partial charge in [0.15, 0.2) is 0 Å². The lowest BCUT2D eigenvalue weighted by Gasteiger charge is -2.30. The molecule has 0 aromatic rings. The molecule has 0 aromatic heterocycles. The van der Waals surface area contributed by atoms with Crippen molar-refractivity contribution >= 4 is 5.91 Å². The van der Waals surface area contributed by atoms with Crippen LogP contribution in [0, 0.1) is 5.92 Å². The normalized spacial score (nSPS) is 25.8. The third-order valence-electron chi connectivity index (χ3n) is 3.11. The molecule has 2 unspecified atom stereocenters. The Morgan fingerprint density at radius 1 is 1.38 bits per heavy atom. The smallest absolute Gasteiger partial charge is 0.238 e. The molecular formula is C10H20N2O4. The van der Waals surface area contributed by atoms with E-state index in [1.807, 2.05) is 6.92 Å². The molecular weight excluding hydrogens is 212 g/mol. The molecule has 1 rings (SSSR count). The molecule has 1 saturated heterocycles. The Morgan fingerprint density at radius 2 is 1.94 bits per heavy atom. The second kappa shape index (κ2) is 5.58. The largest absolute Gasteiger partial charge is 0.394 e. The Morgan fingerprint density at radius 3 is 2.31 bits per heavy atom. The van der Waals surface area contributed by atoms with Crippen LogP contribution in [0.15, 0.2) is 0 Å². The van der Waals surface area contributed by atoms with Crippen molar-refractivity contribution in [2.45, 2.75) is 24.9 Å². The molecule has 1 aliphatic rings. The number of hydrogen-bond acceptors (Lipinski definition) is 5. The first-order valence-electron chi connectivity index (χ1n) is 5.46. The van der Waals surface area contributed by atoms with Gasteiger partial charge in [0.25, 0.3) is 0 Å². The Balaban J connectivity index is 2.61. The highest BCUT2D eigenvalue weighted by atomic mass is 16.3. The van der Waals surface area contributed by atoms with E-state index in [0.29, 0.717) is 0 Å². The molecule has 94 valence electrons. The fourth-order valence-electron chi connectivity index (χ4n) is 1.79. The van der Waals surface area contributed by atoms with Crippen LogP contribution in [0.25, 0.3) is 0 Å². The lowest BCUT2D eigenvalue weighted by molar-refractivity contribution is -0.127. The first kappa shape index (κ1) is 13.4. The zero-order chi connectivity index (χ0) is 12.2. The second-order valence-corrected chi connectivity index (χ2v) is 4.44. The monoisotopic (exact) mass is 232 g/mol. The van der Waals surface area contributed by atoms with Crippen molar-refractivity contribution in [3.63, 3.8) is 0 Å². The van der Waals surface area contributed by atoms with Crippen LogP contribution in [0.5, 0.6) is 0 Å². The van der Waals surface area contributed by atoms with Gasteiger partial charge in [-0.1, -0.05) is 6.92 Å². The van der Waals surface area contributed by atoms with E-state index >= 15 is 0 Å². The molecule has 1 amide bonds. The molecule has 1 aliphatic heterocycles. The number of rotatable bonds is 5. The molecule has 1 fully saturated rings. The molecule has 0 radical (unpaired) electrons. The van der Waals surface area contributed by atoms with E-state index in [1.165, 1.54) is 0 Å². The third-order valence-corrected chi connectivity index (χ3v) is 3.11. The van der Waals surface area contributed by atoms with Crippen LogP contribution in [0.1, 0.15) is 13.3 Å². The summed E-state index contributed by atoms with van der Waals surface area (Å²) < 4.78 is 0. The lowest BCUT2D eigenvalue weighted by Crippen LogP contribution is -2.60. The van der Waals surface area contributed by atoms with E-state index < -0.39 is 25.4 Å². The molecule has 6 heteroatoms. The second-order valence-electron chi connectivity index (χ2n) is 4.44. The molecule has 16 heavy (non-hydrogen) atoms. The zero-order valence-corrected chi connectivity index (χ0v) is 9.44. The summed E-state index contributed by atoms with van der Waals surface area (Å²) in [6.07, 6.45) is 0.919. The van der Waals surface area contributed by atoms with Crippen molar-refractivity contribution in [3.8, 4) is 0 Å². The zero-order valence-electron chi connectivity index (χ0n) is 9.44. The van der Waals surface area contributed by atoms with Crippen LogP contribution < -0.4 is 10.6 Å². The quantitative estimate of drug-likeness (QED) is 0.371. The fraction of sp³-hybridized carbons (Fsp3) is 0.900. The van der Waals surface area contributed by atoms with Gasteiger partial charge in [-0.3, -0.25) is 4.79 Å². The Labute approximate surface area is 94.7 Å². The predicted molar refractivity (Wildman–Crippen MR) is 57.7 cm³/mol. The summed E-state index contributed by atoms with van der Waals surface area (Å²) in [6, 6.07) is -0.316. The van der Waals surface area contributed by atoms with Gasteiger partial charge in [0.1, 0.15) is 5.54 Å². The van der Waals surface area contributed by atoms with E-state index in [0.717, 1.165) is 13.0 Å². The van der Waals surface area contributed by atoms with Gasteiger partial charge in [-0.2, -0.15) is 0 Å². The van der Waals surface area contributed by atoms with Crippen LogP contribution >= 0.6 is 0 Å². The molecule has 0 spiro atoms. The molecule has 1 heterocycles. The van der Waals surface area contributed by atoms with Crippen LogP contribution in [-0.4, -0.2) is 59.2 Å². The topological polar surface area (TPSA) is 102 Å². The van der Waals surface area contributed by atoms with Gasteiger partial charge >= 0.3 is 0 Å². The maximum Gasteiger partial charge on any atom is 0.238 e. The van der Waals surface area contributed by atoms with Gasteiger partial charge in [0.2, 0.25) is 5.91 Å². The van der Waals surface area contributed by atoms with Gasteiger partial charge in [0, 0.05) is 0 Å². The highest BCUT2D eigenvalue weighted by Gasteiger charge is 2.36. The molecule has 0 saturated carbocycles. The minimum absolute atomic E-state index is 0.216. The molecule has 0 aromatic carbocycles. The number of aliphatic hydroxyl groups excluding tert-OH is 3. The highest BCUT2D eigenvalue weighted by Crippen LogP contribution is 2.15. The summed E-state index contributed by atoms with van der Waals surface area (Å²) >= 11 is 0. The SMILES string of the molecule is CC1CCNC1C(=O)NC(CO)(CO)CO. The summed E-state index contributed by atoms with van der Waals surface area (Å²) in [5.74, 6) is -0.0732. The maximum atomic E-state index is 11.8. The molecule has 0 aliphatic carbocycles. The first-order chi connectivity index (χ1) is 7.58. The van der Waals surface area contributed by atoms with Crippen molar-refractivity contribution in [2.75, 3.05) is 26.4 Å². The lowest BCUT2D eigenvalue weighted by atomic mass is 9.99. The molecule has 0 bridgehead atoms. The summed E-state index contributed by atoms with van der Waals surface area (Å²) in [5.41, 5.74) is -1.33. The molecule has 2 atom stereocenters. The minimum Gasteiger partial charge on any atom is -0.394 e. The van der Waals surface area contributed by atoms with Crippen molar-refractivity contribution in [1.29, 1.82) is 0 Å². The van der Waals surface area contributed by atoms with E-state index in [2.05, 4.69) is 10.6 Å². The number of carbonyl (C=O) groups excluding carboxylic acids is 1. The summed E-state index contributed by atoms with van der Waals surface area (Å²) in [4.78, 5) is 11.8. The summed E-state index contributed by atoms with van der Waals surface area (Å²) in [7, 11) is 0. The summed E-state index contributed by atoms with van der Waals surface area (Å²) in [5, 5.41) is 32.8. The standard InChI is InChI=1S/C10H20N2O4/c1-7-2-3-11-8(7)9(16)12-10(4-13,5-14)6-15/h7-8,11,13-15H,2-6H2,1H3,(H,12,16). The fourth-order valence-corrected chi connectivity index (χ4v) is 1.79. The average Bonchev–Trinajstić information content (AvgIpc) is 2.72. The Hall–Kier alpha value is -0.690. The Kier molecular flexibility index (Phi) is 4.67. The minimum atomic E-state index is -1.33. The third kappa shape index (κ3) is 2.70. The van der Waals surface area contributed by atoms with Crippen LogP contribution in [0.2, 0.25) is 0 Å². The van der Waals surface area contributed by atoms with E-state index in [4.69, 9.17) is 15.3 Å². The maximum absolute atomic E-state index is 11.8. The number of aliphatic hydroxyl groups is 3. The van der Waals surface area contributed by atoms with Crippen molar-refractivity contribution < 1.29 is 20.1 Å². The van der Waals surface area contributed by atoms with E-state index in [1.54, 1.807) is 0 Å². The summed E-state index contributed by atoms with van der Waals surface area (Å²) in [6.45, 7) is 1.26. The number of nitrogens with one attached hydrogen (secondary N) is 2. The van der Waals surface area contributed by atoms with E-state index in [-0.39, 0.29) is 17.9 Å². The van der Waals surface area contributed by atoms with E-state index in [9.17, 15) is 4.79 Å². The van der Waals surface area contributed by atoms with Gasteiger partial charge < -0.3 is 26.0 Å². The number of amides is 1. The van der Waals surface area contributed by atoms with Gasteiger partial charge in [-0.25, -0.2) is 0 Å². The van der Waals surface area contributed by atoms with Crippen molar-refractivity contribution in [3.05, 3.63) is 0 Å². The molecule has 6 nitrogen and oxygen atoms in total. The van der Waals surface area contributed by atoms with Crippen molar-refractivity contribution in [2.24, 2.45) is 5.92 Å². The van der Waals surface area contributed by atoms with Gasteiger partial charge in [0.05, 0.1) is 25.9 Å². The number of carbonyl (C=O) groups is 1. The highest BCUT2D eigenvalue weighted by molar-refractivity contribution is 5.83. The van der Waals surface area contributed by atoms with Crippen LogP contribution in [-0.2, 0) is 4.79 Å². The van der Waals surface area contributed by atoms with Crippen molar-refractivity contribution in [1.82, 2.24) is 10.6 Å². The Bertz CT molecular complexity index is 235. The van der Waals surface area contributed by atoms with Gasteiger partial charge in [-0.05, 0) is 18.9 Å². The van der Waals surface area contributed by atoms with Crippen LogP contribution in [0.3, 0.4) is 0 Å². The first-order valence-corrected chi connectivity index (χ1v) is 5.46. The van der Waals surface area contributed by atoms with Crippen LogP contribution in [0.4, 0.5) is 0 Å². The number of hydrogen-bond donors (Lipinski definition) is 5.